The van der Waals surface area contributed by atoms with Gasteiger partial charge in [-0.05, 0) is 31.2 Å². The fourth-order valence-electron chi connectivity index (χ4n) is 2.15. The largest absolute Gasteiger partial charge is 0.315 e. The van der Waals surface area contributed by atoms with E-state index in [0.29, 0.717) is 26.1 Å². The molecular formula is C12H19ClFN3O4S2. The van der Waals surface area contributed by atoms with Crippen LogP contribution in [0.25, 0.3) is 0 Å². The molecule has 11 heteroatoms. The molecule has 0 amide bonds. The van der Waals surface area contributed by atoms with Gasteiger partial charge in [0.25, 0.3) is 0 Å². The molecule has 1 saturated heterocycles. The van der Waals surface area contributed by atoms with E-state index in [9.17, 15) is 21.2 Å². The van der Waals surface area contributed by atoms with Gasteiger partial charge < -0.3 is 5.32 Å². The third kappa shape index (κ3) is 5.28. The lowest BCUT2D eigenvalue weighted by molar-refractivity contribution is 0.431. The summed E-state index contributed by atoms with van der Waals surface area (Å²) in [4.78, 5) is -0.189. The molecule has 0 bridgehead atoms. The molecule has 1 heterocycles. The molecular weight excluding hydrogens is 369 g/mol. The van der Waals surface area contributed by atoms with E-state index in [-0.39, 0.29) is 23.0 Å². The molecule has 2 N–H and O–H groups in total. The van der Waals surface area contributed by atoms with Crippen LogP contribution in [0.3, 0.4) is 0 Å². The van der Waals surface area contributed by atoms with E-state index >= 15 is 0 Å². The zero-order valence-electron chi connectivity index (χ0n) is 12.5. The van der Waals surface area contributed by atoms with Crippen LogP contribution in [0.4, 0.5) is 10.1 Å². The number of rotatable bonds is 4. The molecule has 0 radical (unpaired) electrons. The average Bonchev–Trinajstić information content (AvgIpc) is 2.69. The maximum atomic E-state index is 13.9. The van der Waals surface area contributed by atoms with Gasteiger partial charge in [-0.25, -0.2) is 21.2 Å². The van der Waals surface area contributed by atoms with Gasteiger partial charge in [0, 0.05) is 19.6 Å². The molecule has 0 spiro atoms. The number of sulfonamides is 2. The molecule has 1 fully saturated rings. The quantitative estimate of drug-likeness (QED) is 0.788. The van der Waals surface area contributed by atoms with Crippen molar-refractivity contribution < 1.29 is 21.2 Å². The third-order valence-electron chi connectivity index (χ3n) is 3.17. The number of benzene rings is 1. The van der Waals surface area contributed by atoms with Crippen LogP contribution in [0.15, 0.2) is 23.1 Å². The maximum Gasteiger partial charge on any atom is 0.243 e. The highest BCUT2D eigenvalue weighted by molar-refractivity contribution is 7.92. The van der Waals surface area contributed by atoms with E-state index in [1.165, 1.54) is 10.4 Å². The van der Waals surface area contributed by atoms with Gasteiger partial charge in [-0.15, -0.1) is 12.4 Å². The van der Waals surface area contributed by atoms with E-state index in [1.807, 2.05) is 4.72 Å². The van der Waals surface area contributed by atoms with Crippen LogP contribution in [-0.2, 0) is 20.0 Å². The molecule has 7 nitrogen and oxygen atoms in total. The minimum atomic E-state index is -3.79. The zero-order valence-corrected chi connectivity index (χ0v) is 14.9. The summed E-state index contributed by atoms with van der Waals surface area (Å²) in [5.74, 6) is -0.931. The highest BCUT2D eigenvalue weighted by atomic mass is 35.5. The molecule has 1 aliphatic heterocycles. The summed E-state index contributed by atoms with van der Waals surface area (Å²) in [5.41, 5.74) is -0.279. The predicted molar refractivity (Wildman–Crippen MR) is 88.4 cm³/mol. The van der Waals surface area contributed by atoms with Crippen LogP contribution in [-0.4, -0.2) is 53.6 Å². The summed E-state index contributed by atoms with van der Waals surface area (Å²) in [6.07, 6.45) is 1.57. The Morgan fingerprint density at radius 1 is 1.17 bits per heavy atom. The second kappa shape index (κ2) is 7.75. The number of anilines is 1. The first-order valence-corrected chi connectivity index (χ1v) is 10.0. The van der Waals surface area contributed by atoms with Gasteiger partial charge in [-0.3, -0.25) is 4.72 Å². The Kier molecular flexibility index (Phi) is 6.78. The van der Waals surface area contributed by atoms with Gasteiger partial charge in [0.1, 0.15) is 5.82 Å². The minimum Gasteiger partial charge on any atom is -0.315 e. The van der Waals surface area contributed by atoms with Crippen LogP contribution in [0.2, 0.25) is 0 Å². The van der Waals surface area contributed by atoms with Crippen molar-refractivity contribution in [2.24, 2.45) is 0 Å². The average molecular weight is 388 g/mol. The number of halogens is 2. The molecule has 0 unspecified atom stereocenters. The summed E-state index contributed by atoms with van der Waals surface area (Å²) >= 11 is 0. The Morgan fingerprint density at radius 3 is 2.48 bits per heavy atom. The number of nitrogens with one attached hydrogen (secondary N) is 2. The van der Waals surface area contributed by atoms with E-state index in [0.717, 1.165) is 24.9 Å². The molecule has 0 saturated carbocycles. The summed E-state index contributed by atoms with van der Waals surface area (Å²) in [7, 11) is -7.42. The Hall–Kier alpha value is -0.940. The SMILES string of the molecule is CS(=O)(=O)Nc1ccc(S(=O)(=O)N2CCCNCC2)cc1F.Cl. The van der Waals surface area contributed by atoms with Crippen molar-refractivity contribution in [1.29, 1.82) is 0 Å². The second-order valence-corrected chi connectivity index (χ2v) is 8.71. The number of nitrogens with zero attached hydrogens (tertiary/aromatic N) is 1. The van der Waals surface area contributed by atoms with Gasteiger partial charge in [-0.2, -0.15) is 4.31 Å². The lowest BCUT2D eigenvalue weighted by Crippen LogP contribution is -2.34. The Labute approximate surface area is 141 Å². The van der Waals surface area contributed by atoms with Crippen molar-refractivity contribution in [2.75, 3.05) is 37.2 Å². The van der Waals surface area contributed by atoms with Crippen LogP contribution in [0.5, 0.6) is 0 Å². The van der Waals surface area contributed by atoms with Crippen LogP contribution < -0.4 is 10.0 Å². The van der Waals surface area contributed by atoms with Crippen molar-refractivity contribution in [3.05, 3.63) is 24.0 Å². The van der Waals surface area contributed by atoms with Crippen LogP contribution in [0, 0.1) is 5.82 Å². The summed E-state index contributed by atoms with van der Waals surface area (Å²) in [5, 5.41) is 3.09. The molecule has 2 rings (SSSR count). The first-order chi connectivity index (χ1) is 10.2. The van der Waals surface area contributed by atoms with Crippen LogP contribution >= 0.6 is 12.4 Å². The Morgan fingerprint density at radius 2 is 1.87 bits per heavy atom. The first kappa shape index (κ1) is 20.1. The highest BCUT2D eigenvalue weighted by Crippen LogP contribution is 2.22. The van der Waals surface area contributed by atoms with Gasteiger partial charge in [0.2, 0.25) is 20.0 Å². The number of hydrogen-bond donors (Lipinski definition) is 2. The van der Waals surface area contributed by atoms with Crippen molar-refractivity contribution in [3.8, 4) is 0 Å². The molecule has 132 valence electrons. The Balaban J connectivity index is 0.00000264. The van der Waals surface area contributed by atoms with E-state index in [4.69, 9.17) is 0 Å². The molecule has 0 atom stereocenters. The van der Waals surface area contributed by atoms with Gasteiger partial charge >= 0.3 is 0 Å². The van der Waals surface area contributed by atoms with Crippen molar-refractivity contribution in [3.63, 3.8) is 0 Å². The van der Waals surface area contributed by atoms with E-state index in [1.54, 1.807) is 0 Å². The van der Waals surface area contributed by atoms with Crippen LogP contribution in [0.1, 0.15) is 6.42 Å². The third-order valence-corrected chi connectivity index (χ3v) is 5.66. The Bertz CT molecular complexity index is 748. The zero-order chi connectivity index (χ0) is 16.4. The van der Waals surface area contributed by atoms with Gasteiger partial charge in [0.15, 0.2) is 0 Å². The van der Waals surface area contributed by atoms with Gasteiger partial charge in [-0.1, -0.05) is 0 Å². The molecule has 1 aromatic carbocycles. The smallest absolute Gasteiger partial charge is 0.243 e. The second-order valence-electron chi connectivity index (χ2n) is 5.02. The van der Waals surface area contributed by atoms with Crippen molar-refractivity contribution in [2.45, 2.75) is 11.3 Å². The molecule has 23 heavy (non-hydrogen) atoms. The summed E-state index contributed by atoms with van der Waals surface area (Å²) < 4.78 is 64.4. The summed E-state index contributed by atoms with van der Waals surface area (Å²) in [6, 6.07) is 3.14. The lowest BCUT2D eigenvalue weighted by Gasteiger charge is -2.20. The topological polar surface area (TPSA) is 95.6 Å². The fraction of sp³-hybridized carbons (Fsp3) is 0.500. The van der Waals surface area contributed by atoms with Crippen molar-refractivity contribution in [1.82, 2.24) is 9.62 Å². The van der Waals surface area contributed by atoms with Gasteiger partial charge in [0.05, 0.1) is 16.8 Å². The van der Waals surface area contributed by atoms with E-state index < -0.39 is 25.9 Å². The molecule has 0 aromatic heterocycles. The monoisotopic (exact) mass is 387 g/mol. The molecule has 1 aromatic rings. The normalized spacial score (nSPS) is 17.1. The molecule has 1 aliphatic rings. The van der Waals surface area contributed by atoms with Crippen molar-refractivity contribution >= 4 is 38.1 Å². The maximum absolute atomic E-state index is 13.9. The predicted octanol–water partition coefficient (Wildman–Crippen LogP) is 0.603. The molecule has 0 aliphatic carbocycles. The minimum absolute atomic E-state index is 0. The highest BCUT2D eigenvalue weighted by Gasteiger charge is 2.26. The number of hydrogen-bond acceptors (Lipinski definition) is 5. The lowest BCUT2D eigenvalue weighted by atomic mass is 10.3. The fourth-order valence-corrected chi connectivity index (χ4v) is 4.21. The first-order valence-electron chi connectivity index (χ1n) is 6.68. The van der Waals surface area contributed by atoms with E-state index in [2.05, 4.69) is 5.32 Å². The standard InChI is InChI=1S/C12H18FN3O4S2.ClH/c1-21(17,18)15-12-4-3-10(9-11(12)13)22(19,20)16-7-2-5-14-6-8-16;/h3-4,9,14-15H,2,5-8H2,1H3;1H. The summed E-state index contributed by atoms with van der Waals surface area (Å²) in [6.45, 7) is 1.95.